The fourth-order valence-corrected chi connectivity index (χ4v) is 5.47. The Balaban J connectivity index is 1.37. The fourth-order valence-electron chi connectivity index (χ4n) is 5.47. The third-order valence-corrected chi connectivity index (χ3v) is 7.31. The van der Waals surface area contributed by atoms with Crippen molar-refractivity contribution < 1.29 is 4.74 Å². The molecule has 1 N–H and O–H groups in total. The van der Waals surface area contributed by atoms with Crippen LogP contribution in [0, 0.1) is 0 Å². The third kappa shape index (κ3) is 2.65. The Morgan fingerprint density at radius 2 is 1.09 bits per heavy atom. The van der Waals surface area contributed by atoms with Crippen molar-refractivity contribution in [3.05, 3.63) is 107 Å². The molecule has 2 nitrogen and oxygen atoms in total. The van der Waals surface area contributed by atoms with E-state index in [0.29, 0.717) is 0 Å². The number of rotatable bonds is 2. The molecule has 4 aromatic rings. The Bertz CT molecular complexity index is 1380. The summed E-state index contributed by atoms with van der Waals surface area (Å²) < 4.78 is 6.21. The molecule has 2 heteroatoms. The zero-order valence-electron chi connectivity index (χ0n) is 19.0. The first kappa shape index (κ1) is 19.2. The number of ether oxygens (including phenoxy) is 1. The van der Waals surface area contributed by atoms with Crippen LogP contribution in [-0.4, -0.2) is 0 Å². The zero-order valence-corrected chi connectivity index (χ0v) is 19.0. The molecule has 0 bridgehead atoms. The molecular formula is C30H27NO. The lowest BCUT2D eigenvalue weighted by atomic mass is 9.75. The van der Waals surface area contributed by atoms with Crippen LogP contribution >= 0.6 is 0 Å². The Hall–Kier alpha value is -3.52. The van der Waals surface area contributed by atoms with Crippen LogP contribution in [-0.2, 0) is 10.8 Å². The van der Waals surface area contributed by atoms with E-state index in [-0.39, 0.29) is 10.8 Å². The van der Waals surface area contributed by atoms with Crippen molar-refractivity contribution in [3.8, 4) is 22.6 Å². The SMILES string of the molecule is CC1(C)c2ccccc2Oc2ccc(Nc3ccc4c(c3)C(C)(C)c3ccccc3-4)cc21. The van der Waals surface area contributed by atoms with Crippen LogP contribution in [0.3, 0.4) is 0 Å². The summed E-state index contributed by atoms with van der Waals surface area (Å²) in [5, 5.41) is 3.65. The maximum absolute atomic E-state index is 6.21. The molecule has 0 fully saturated rings. The molecule has 6 rings (SSSR count). The lowest BCUT2D eigenvalue weighted by molar-refractivity contribution is 0.418. The first-order valence-electron chi connectivity index (χ1n) is 11.3. The number of para-hydroxylation sites is 1. The molecule has 0 saturated carbocycles. The topological polar surface area (TPSA) is 21.3 Å². The van der Waals surface area contributed by atoms with Gasteiger partial charge in [-0.15, -0.1) is 0 Å². The summed E-state index contributed by atoms with van der Waals surface area (Å²) >= 11 is 0. The van der Waals surface area contributed by atoms with Gasteiger partial charge in [-0.05, 0) is 58.7 Å². The molecule has 1 aliphatic carbocycles. The van der Waals surface area contributed by atoms with Gasteiger partial charge in [0, 0.05) is 33.3 Å². The van der Waals surface area contributed by atoms with Gasteiger partial charge in [0.2, 0.25) is 0 Å². The van der Waals surface area contributed by atoms with Gasteiger partial charge in [0.25, 0.3) is 0 Å². The van der Waals surface area contributed by atoms with Crippen molar-refractivity contribution in [2.24, 2.45) is 0 Å². The van der Waals surface area contributed by atoms with Gasteiger partial charge in [-0.3, -0.25) is 0 Å². The molecule has 0 unspecified atom stereocenters. The summed E-state index contributed by atoms with van der Waals surface area (Å²) in [5.41, 5.74) is 9.96. The standard InChI is InChI=1S/C30H27NO/c1-29(2)23-10-6-5-9-21(23)22-15-13-19(17-25(22)29)31-20-14-16-28-26(18-20)30(3,4)24-11-7-8-12-27(24)32-28/h5-18,31H,1-4H3. The van der Waals surface area contributed by atoms with E-state index in [1.807, 2.05) is 6.07 Å². The van der Waals surface area contributed by atoms with Crippen LogP contribution in [0.15, 0.2) is 84.9 Å². The second-order valence-corrected chi connectivity index (χ2v) is 9.99. The normalized spacial score (nSPS) is 16.2. The summed E-state index contributed by atoms with van der Waals surface area (Å²) in [6.07, 6.45) is 0. The van der Waals surface area contributed by atoms with Gasteiger partial charge in [0.15, 0.2) is 0 Å². The molecule has 1 heterocycles. The number of hydrogen-bond acceptors (Lipinski definition) is 2. The van der Waals surface area contributed by atoms with Crippen molar-refractivity contribution in [2.75, 3.05) is 5.32 Å². The van der Waals surface area contributed by atoms with E-state index in [2.05, 4.69) is 112 Å². The van der Waals surface area contributed by atoms with Crippen molar-refractivity contribution in [1.29, 1.82) is 0 Å². The van der Waals surface area contributed by atoms with Crippen LogP contribution in [0.5, 0.6) is 11.5 Å². The summed E-state index contributed by atoms with van der Waals surface area (Å²) in [6, 6.07) is 30.3. The van der Waals surface area contributed by atoms with Gasteiger partial charge in [-0.2, -0.15) is 0 Å². The first-order valence-corrected chi connectivity index (χ1v) is 11.3. The second-order valence-electron chi connectivity index (χ2n) is 9.99. The van der Waals surface area contributed by atoms with Gasteiger partial charge >= 0.3 is 0 Å². The van der Waals surface area contributed by atoms with Gasteiger partial charge in [-0.1, -0.05) is 76.2 Å². The molecule has 4 aromatic carbocycles. The minimum absolute atomic E-state index is 0.000982. The van der Waals surface area contributed by atoms with Crippen LogP contribution in [0.2, 0.25) is 0 Å². The molecule has 0 saturated heterocycles. The van der Waals surface area contributed by atoms with Crippen LogP contribution in [0.25, 0.3) is 11.1 Å². The molecule has 2 aliphatic rings. The van der Waals surface area contributed by atoms with Gasteiger partial charge in [0.05, 0.1) is 0 Å². The fraction of sp³-hybridized carbons (Fsp3) is 0.200. The summed E-state index contributed by atoms with van der Waals surface area (Å²) in [5.74, 6) is 1.89. The van der Waals surface area contributed by atoms with E-state index in [0.717, 1.165) is 22.9 Å². The lowest BCUT2D eigenvalue weighted by Crippen LogP contribution is -2.24. The third-order valence-electron chi connectivity index (χ3n) is 7.31. The average Bonchev–Trinajstić information content (AvgIpc) is 3.01. The molecular weight excluding hydrogens is 390 g/mol. The molecule has 0 atom stereocenters. The highest BCUT2D eigenvalue weighted by molar-refractivity contribution is 5.83. The van der Waals surface area contributed by atoms with E-state index in [1.165, 1.54) is 33.4 Å². The maximum Gasteiger partial charge on any atom is 0.131 e. The molecule has 0 spiro atoms. The van der Waals surface area contributed by atoms with E-state index < -0.39 is 0 Å². The molecule has 158 valence electrons. The monoisotopic (exact) mass is 417 g/mol. The van der Waals surface area contributed by atoms with E-state index in [4.69, 9.17) is 4.74 Å². The number of benzene rings is 4. The quantitative estimate of drug-likeness (QED) is 0.355. The highest BCUT2D eigenvalue weighted by atomic mass is 16.5. The summed E-state index contributed by atoms with van der Waals surface area (Å²) in [4.78, 5) is 0. The predicted octanol–water partition coefficient (Wildman–Crippen LogP) is 8.17. The average molecular weight is 418 g/mol. The minimum Gasteiger partial charge on any atom is -0.457 e. The van der Waals surface area contributed by atoms with E-state index >= 15 is 0 Å². The van der Waals surface area contributed by atoms with E-state index in [1.54, 1.807) is 0 Å². The Morgan fingerprint density at radius 3 is 1.91 bits per heavy atom. The largest absolute Gasteiger partial charge is 0.457 e. The van der Waals surface area contributed by atoms with Gasteiger partial charge in [-0.25, -0.2) is 0 Å². The van der Waals surface area contributed by atoms with Crippen LogP contribution in [0.1, 0.15) is 49.9 Å². The van der Waals surface area contributed by atoms with Gasteiger partial charge in [0.1, 0.15) is 11.5 Å². The zero-order chi connectivity index (χ0) is 22.1. The van der Waals surface area contributed by atoms with Gasteiger partial charge < -0.3 is 10.1 Å². The second kappa shape index (κ2) is 6.49. The highest BCUT2D eigenvalue weighted by Crippen LogP contribution is 2.50. The Labute approximate surface area is 189 Å². The maximum atomic E-state index is 6.21. The molecule has 0 aromatic heterocycles. The van der Waals surface area contributed by atoms with Crippen LogP contribution < -0.4 is 10.1 Å². The number of hydrogen-bond donors (Lipinski definition) is 1. The molecule has 0 amide bonds. The lowest BCUT2D eigenvalue weighted by Gasteiger charge is -2.34. The van der Waals surface area contributed by atoms with Crippen molar-refractivity contribution in [1.82, 2.24) is 0 Å². The smallest absolute Gasteiger partial charge is 0.131 e. The highest BCUT2D eigenvalue weighted by Gasteiger charge is 2.36. The number of anilines is 2. The molecule has 1 aliphatic heterocycles. The van der Waals surface area contributed by atoms with Crippen molar-refractivity contribution >= 4 is 11.4 Å². The van der Waals surface area contributed by atoms with Crippen molar-refractivity contribution in [3.63, 3.8) is 0 Å². The molecule has 0 radical (unpaired) electrons. The molecule has 32 heavy (non-hydrogen) atoms. The number of fused-ring (bicyclic) bond motifs is 5. The first-order chi connectivity index (χ1) is 15.4. The Morgan fingerprint density at radius 1 is 0.531 bits per heavy atom. The minimum atomic E-state index is -0.122. The summed E-state index contributed by atoms with van der Waals surface area (Å²) in [7, 11) is 0. The summed E-state index contributed by atoms with van der Waals surface area (Å²) in [6.45, 7) is 9.17. The van der Waals surface area contributed by atoms with Crippen LogP contribution in [0.4, 0.5) is 11.4 Å². The van der Waals surface area contributed by atoms with E-state index in [9.17, 15) is 0 Å². The predicted molar refractivity (Wildman–Crippen MR) is 132 cm³/mol. The Kier molecular flexibility index (Phi) is 3.89. The number of nitrogens with one attached hydrogen (secondary N) is 1. The van der Waals surface area contributed by atoms with Crippen molar-refractivity contribution in [2.45, 2.75) is 38.5 Å².